The predicted molar refractivity (Wildman–Crippen MR) is 110 cm³/mol. The van der Waals surface area contributed by atoms with Gasteiger partial charge in [0.25, 0.3) is 0 Å². The number of hydrogen-bond donors (Lipinski definition) is 1. The first-order valence-electron chi connectivity index (χ1n) is 10.4. The lowest BCUT2D eigenvalue weighted by molar-refractivity contribution is -0.135. The van der Waals surface area contributed by atoms with Gasteiger partial charge in [0.1, 0.15) is 13.2 Å². The molecule has 0 heterocycles. The number of nitrogens with one attached hydrogen (secondary N) is 1. The van der Waals surface area contributed by atoms with E-state index in [1.807, 2.05) is 0 Å². The summed E-state index contributed by atoms with van der Waals surface area (Å²) in [7, 11) is 3.35. The van der Waals surface area contributed by atoms with Gasteiger partial charge in [-0.05, 0) is 19.3 Å². The van der Waals surface area contributed by atoms with E-state index < -0.39 is 0 Å². The number of likely N-dealkylation sites (N-methyl/N-ethyl adjacent to an activating group) is 2. The molecule has 0 aliphatic carbocycles. The molecule has 0 radical (unpaired) electrons. The topological polar surface area (TPSA) is 95.6 Å². The van der Waals surface area contributed by atoms with Crippen molar-refractivity contribution in [2.75, 3.05) is 86.7 Å². The van der Waals surface area contributed by atoms with Gasteiger partial charge in [0, 0.05) is 33.9 Å². The van der Waals surface area contributed by atoms with Gasteiger partial charge in [-0.15, -0.1) is 0 Å². The second kappa shape index (κ2) is 21.4. The molecule has 0 saturated carbocycles. The number of carbonyl (C=O) groups is 2. The zero-order chi connectivity index (χ0) is 21.6. The van der Waals surface area contributed by atoms with Crippen LogP contribution < -0.4 is 5.32 Å². The van der Waals surface area contributed by atoms with Crippen LogP contribution in [-0.2, 0) is 33.3 Å². The average molecular weight is 421 g/mol. The Morgan fingerprint density at radius 1 is 0.724 bits per heavy atom. The van der Waals surface area contributed by atoms with Crippen LogP contribution in [0.25, 0.3) is 0 Å². The van der Waals surface area contributed by atoms with Crippen LogP contribution in [0.15, 0.2) is 0 Å². The maximum absolute atomic E-state index is 11.9. The van der Waals surface area contributed by atoms with Crippen molar-refractivity contribution in [1.82, 2.24) is 10.2 Å². The van der Waals surface area contributed by atoms with Crippen molar-refractivity contribution in [3.63, 3.8) is 0 Å². The molecule has 0 rings (SSSR count). The highest BCUT2D eigenvalue weighted by molar-refractivity contribution is 5.77. The summed E-state index contributed by atoms with van der Waals surface area (Å²) in [5.74, 6) is -0.174. The minimum Gasteiger partial charge on any atom is -0.379 e. The smallest absolute Gasteiger partial charge is 0.248 e. The number of nitrogens with zero attached hydrogens (tertiary/aromatic N) is 1. The molecule has 172 valence electrons. The molecule has 0 fully saturated rings. The Balaban J connectivity index is 3.32. The Kier molecular flexibility index (Phi) is 20.5. The lowest BCUT2D eigenvalue weighted by atomic mass is 10.3. The predicted octanol–water partition coefficient (Wildman–Crippen LogP) is 0.854. The largest absolute Gasteiger partial charge is 0.379 e. The minimum absolute atomic E-state index is 0.0217. The van der Waals surface area contributed by atoms with Gasteiger partial charge in [0.15, 0.2) is 0 Å². The summed E-state index contributed by atoms with van der Waals surface area (Å²) in [4.78, 5) is 24.5. The van der Waals surface area contributed by atoms with Gasteiger partial charge in [-0.3, -0.25) is 9.59 Å². The Morgan fingerprint density at radius 3 is 1.83 bits per heavy atom. The molecule has 9 nitrogen and oxygen atoms in total. The SMILES string of the molecule is CCCCOCCOCC(=O)N(C)CCCCOCCOCCOCC(=O)NC. The maximum Gasteiger partial charge on any atom is 0.248 e. The van der Waals surface area contributed by atoms with E-state index in [1.165, 1.54) is 0 Å². The molecule has 0 aromatic heterocycles. The van der Waals surface area contributed by atoms with Gasteiger partial charge in [0.05, 0.1) is 39.6 Å². The lowest BCUT2D eigenvalue weighted by Crippen LogP contribution is -2.31. The van der Waals surface area contributed by atoms with Gasteiger partial charge in [-0.25, -0.2) is 0 Å². The quantitative estimate of drug-likeness (QED) is 0.275. The average Bonchev–Trinajstić information content (AvgIpc) is 2.73. The van der Waals surface area contributed by atoms with Crippen molar-refractivity contribution in [1.29, 1.82) is 0 Å². The van der Waals surface area contributed by atoms with Crippen LogP contribution in [-0.4, -0.2) is 103 Å². The number of carbonyl (C=O) groups excluding carboxylic acids is 2. The molecule has 0 unspecified atom stereocenters. The summed E-state index contributed by atoms with van der Waals surface area (Å²) in [6, 6.07) is 0. The van der Waals surface area contributed by atoms with Gasteiger partial charge in [0.2, 0.25) is 11.8 Å². The van der Waals surface area contributed by atoms with Crippen LogP contribution in [0.2, 0.25) is 0 Å². The van der Waals surface area contributed by atoms with E-state index in [4.69, 9.17) is 23.7 Å². The molecular weight excluding hydrogens is 380 g/mol. The van der Waals surface area contributed by atoms with Crippen LogP contribution in [0.3, 0.4) is 0 Å². The third-order valence-corrected chi connectivity index (χ3v) is 3.95. The van der Waals surface area contributed by atoms with Gasteiger partial charge in [-0.1, -0.05) is 13.3 Å². The summed E-state index contributed by atoms with van der Waals surface area (Å²) in [5.41, 5.74) is 0. The van der Waals surface area contributed by atoms with Crippen LogP contribution in [0.5, 0.6) is 0 Å². The lowest BCUT2D eigenvalue weighted by Gasteiger charge is -2.17. The first-order chi connectivity index (χ1) is 14.1. The van der Waals surface area contributed by atoms with E-state index in [0.29, 0.717) is 52.8 Å². The number of unbranched alkanes of at least 4 members (excludes halogenated alkanes) is 2. The summed E-state index contributed by atoms with van der Waals surface area (Å²) in [5, 5.41) is 2.48. The monoisotopic (exact) mass is 420 g/mol. The van der Waals surface area contributed by atoms with Crippen molar-refractivity contribution in [2.45, 2.75) is 32.6 Å². The fraction of sp³-hybridized carbons (Fsp3) is 0.900. The molecule has 0 aliphatic heterocycles. The van der Waals surface area contributed by atoms with Crippen molar-refractivity contribution in [3.8, 4) is 0 Å². The molecule has 0 aromatic carbocycles. The van der Waals surface area contributed by atoms with E-state index in [-0.39, 0.29) is 25.0 Å². The van der Waals surface area contributed by atoms with Crippen LogP contribution in [0, 0.1) is 0 Å². The minimum atomic E-state index is -0.152. The second-order valence-corrected chi connectivity index (χ2v) is 6.49. The summed E-state index contributed by atoms with van der Waals surface area (Å²) >= 11 is 0. The molecule has 0 atom stereocenters. The molecule has 0 aliphatic rings. The Hall–Kier alpha value is -1.26. The number of hydrogen-bond acceptors (Lipinski definition) is 7. The third kappa shape index (κ3) is 19.8. The standard InChI is InChI=1S/C20H40N2O7/c1-4-5-9-25-13-16-29-18-20(24)22(3)8-6-7-10-26-11-12-27-14-15-28-17-19(23)21-2/h4-18H2,1-3H3,(H,21,23). The van der Waals surface area contributed by atoms with Crippen molar-refractivity contribution in [2.24, 2.45) is 0 Å². The molecule has 0 saturated heterocycles. The number of rotatable bonds is 21. The highest BCUT2D eigenvalue weighted by atomic mass is 16.5. The highest BCUT2D eigenvalue weighted by Gasteiger charge is 2.08. The fourth-order valence-corrected chi connectivity index (χ4v) is 2.09. The summed E-state index contributed by atoms with van der Waals surface area (Å²) in [6.45, 7) is 7.09. The molecule has 29 heavy (non-hydrogen) atoms. The van der Waals surface area contributed by atoms with Crippen molar-refractivity contribution in [3.05, 3.63) is 0 Å². The van der Waals surface area contributed by atoms with Gasteiger partial charge >= 0.3 is 0 Å². The van der Waals surface area contributed by atoms with Gasteiger partial charge in [-0.2, -0.15) is 0 Å². The molecule has 0 aromatic rings. The molecule has 1 N–H and O–H groups in total. The van der Waals surface area contributed by atoms with Crippen molar-refractivity contribution >= 4 is 11.8 Å². The zero-order valence-corrected chi connectivity index (χ0v) is 18.4. The number of ether oxygens (including phenoxy) is 5. The highest BCUT2D eigenvalue weighted by Crippen LogP contribution is 1.96. The first kappa shape index (κ1) is 27.7. The summed E-state index contributed by atoms with van der Waals surface area (Å²) in [6.07, 6.45) is 3.91. The maximum atomic E-state index is 11.9. The van der Waals surface area contributed by atoms with Gasteiger partial charge < -0.3 is 33.9 Å². The van der Waals surface area contributed by atoms with E-state index in [0.717, 1.165) is 32.3 Å². The Bertz CT molecular complexity index is 397. The first-order valence-corrected chi connectivity index (χ1v) is 10.4. The van der Waals surface area contributed by atoms with Crippen molar-refractivity contribution < 1.29 is 33.3 Å². The molecule has 2 amide bonds. The molecule has 0 spiro atoms. The number of amides is 2. The van der Waals surface area contributed by atoms with E-state index in [1.54, 1.807) is 19.0 Å². The van der Waals surface area contributed by atoms with E-state index in [9.17, 15) is 9.59 Å². The molecule has 9 heteroatoms. The van der Waals surface area contributed by atoms with E-state index in [2.05, 4.69) is 12.2 Å². The van der Waals surface area contributed by atoms with Crippen LogP contribution in [0.4, 0.5) is 0 Å². The zero-order valence-electron chi connectivity index (χ0n) is 18.4. The Labute approximate surface area is 175 Å². The molecular formula is C20H40N2O7. The Morgan fingerprint density at radius 2 is 1.24 bits per heavy atom. The normalized spacial score (nSPS) is 10.9. The second-order valence-electron chi connectivity index (χ2n) is 6.49. The van der Waals surface area contributed by atoms with Crippen LogP contribution >= 0.6 is 0 Å². The fourth-order valence-electron chi connectivity index (χ4n) is 2.09. The van der Waals surface area contributed by atoms with Crippen LogP contribution in [0.1, 0.15) is 32.6 Å². The van der Waals surface area contributed by atoms with E-state index >= 15 is 0 Å². The third-order valence-electron chi connectivity index (χ3n) is 3.95. The summed E-state index contributed by atoms with van der Waals surface area (Å²) < 4.78 is 26.7. The molecule has 0 bridgehead atoms.